The fraction of sp³-hybridized carbons (Fsp3) is 0.333. The van der Waals surface area contributed by atoms with E-state index < -0.39 is 11.9 Å². The van der Waals surface area contributed by atoms with Gasteiger partial charge in [0.2, 0.25) is 0 Å². The minimum absolute atomic E-state index is 0.0378. The molecule has 1 amide bonds. The Labute approximate surface area is 183 Å². The first-order valence-corrected chi connectivity index (χ1v) is 10.6. The molecule has 0 saturated carbocycles. The molecule has 2 bridgehead atoms. The van der Waals surface area contributed by atoms with E-state index in [0.29, 0.717) is 28.1 Å². The molecule has 9 nitrogen and oxygen atoms in total. The molecule has 3 fully saturated rings. The lowest BCUT2D eigenvalue weighted by atomic mass is 9.84. The second-order valence-corrected chi connectivity index (χ2v) is 8.13. The van der Waals surface area contributed by atoms with Gasteiger partial charge in [0, 0.05) is 24.7 Å². The minimum Gasteiger partial charge on any atom is -0.478 e. The van der Waals surface area contributed by atoms with Gasteiger partial charge < -0.3 is 25.2 Å². The zero-order chi connectivity index (χ0) is 22.2. The van der Waals surface area contributed by atoms with Gasteiger partial charge in [0.25, 0.3) is 11.1 Å². The number of aromatic nitrogens is 1. The molecule has 10 heteroatoms. The number of benzene rings is 1. The molecule has 3 aliphatic rings. The summed E-state index contributed by atoms with van der Waals surface area (Å²) in [5.74, 6) is -1.20. The summed E-state index contributed by atoms with van der Waals surface area (Å²) in [5, 5.41) is 19.3. The first kappa shape index (κ1) is 22.4. The molecular formula is C21H23N3O6S. The van der Waals surface area contributed by atoms with Crippen LogP contribution in [0, 0.1) is 5.92 Å². The van der Waals surface area contributed by atoms with Crippen molar-refractivity contribution in [3.8, 4) is 10.9 Å². The highest BCUT2D eigenvalue weighted by atomic mass is 32.1. The lowest BCUT2D eigenvalue weighted by Gasteiger charge is -2.44. The molecule has 1 aromatic carbocycles. The Morgan fingerprint density at radius 1 is 1.10 bits per heavy atom. The van der Waals surface area contributed by atoms with E-state index in [1.165, 1.54) is 37.3 Å². The van der Waals surface area contributed by atoms with Crippen molar-refractivity contribution in [2.75, 3.05) is 19.6 Å². The van der Waals surface area contributed by atoms with Gasteiger partial charge in [0.1, 0.15) is 10.6 Å². The van der Waals surface area contributed by atoms with Crippen LogP contribution in [0.5, 0.6) is 10.9 Å². The van der Waals surface area contributed by atoms with Crippen molar-refractivity contribution in [2.24, 2.45) is 5.92 Å². The van der Waals surface area contributed by atoms with E-state index in [-0.39, 0.29) is 11.9 Å². The first-order chi connectivity index (χ1) is 14.9. The number of para-hydroxylation sites is 1. The molecule has 1 atom stereocenters. The van der Waals surface area contributed by atoms with Gasteiger partial charge in [-0.25, -0.2) is 14.6 Å². The van der Waals surface area contributed by atoms with Crippen LogP contribution in [0.25, 0.3) is 0 Å². The summed E-state index contributed by atoms with van der Waals surface area (Å²) < 4.78 is 5.67. The predicted molar refractivity (Wildman–Crippen MR) is 113 cm³/mol. The van der Waals surface area contributed by atoms with Gasteiger partial charge in [-0.3, -0.25) is 4.79 Å². The maximum absolute atomic E-state index is 12.4. The van der Waals surface area contributed by atoms with Gasteiger partial charge in [0.05, 0.1) is 6.20 Å². The van der Waals surface area contributed by atoms with Gasteiger partial charge in [0.15, 0.2) is 0 Å². The number of rotatable bonds is 6. The van der Waals surface area contributed by atoms with E-state index >= 15 is 0 Å². The molecule has 0 spiro atoms. The number of ether oxygens (including phenoxy) is 1. The van der Waals surface area contributed by atoms with E-state index in [0.717, 1.165) is 12.3 Å². The molecule has 5 rings (SSSR count). The molecular weight excluding hydrogens is 422 g/mol. The van der Waals surface area contributed by atoms with Crippen molar-refractivity contribution in [3.05, 3.63) is 53.6 Å². The van der Waals surface area contributed by atoms with Gasteiger partial charge in [-0.2, -0.15) is 0 Å². The highest BCUT2D eigenvalue weighted by molar-refractivity contribution is 7.15. The molecule has 0 aliphatic carbocycles. The van der Waals surface area contributed by atoms with Crippen LogP contribution >= 0.6 is 11.3 Å². The number of nitrogens with zero attached hydrogens (tertiary/aromatic N) is 2. The highest BCUT2D eigenvalue weighted by Gasteiger charge is 2.35. The summed E-state index contributed by atoms with van der Waals surface area (Å²) in [5.41, 5.74) is 0. The number of carbonyl (C=O) groups is 3. The van der Waals surface area contributed by atoms with Crippen molar-refractivity contribution in [3.63, 3.8) is 0 Å². The zero-order valence-corrected chi connectivity index (χ0v) is 17.5. The number of carboxylic acid groups (broad SMARTS) is 2. The first-order valence-electron chi connectivity index (χ1n) is 9.76. The third kappa shape index (κ3) is 6.90. The zero-order valence-electron chi connectivity index (χ0n) is 16.6. The molecule has 31 heavy (non-hydrogen) atoms. The van der Waals surface area contributed by atoms with Gasteiger partial charge in [-0.1, -0.05) is 29.5 Å². The predicted octanol–water partition coefficient (Wildman–Crippen LogP) is 2.47. The Kier molecular flexibility index (Phi) is 7.74. The summed E-state index contributed by atoms with van der Waals surface area (Å²) >= 11 is 1.29. The lowest BCUT2D eigenvalue weighted by Crippen LogP contribution is -2.57. The van der Waals surface area contributed by atoms with Crippen molar-refractivity contribution in [1.82, 2.24) is 15.2 Å². The fourth-order valence-corrected chi connectivity index (χ4v) is 4.20. The molecule has 3 saturated heterocycles. The summed E-state index contributed by atoms with van der Waals surface area (Å²) in [4.78, 5) is 38.8. The maximum Gasteiger partial charge on any atom is 0.328 e. The molecule has 3 aliphatic heterocycles. The fourth-order valence-electron chi connectivity index (χ4n) is 3.51. The number of fused-ring (bicyclic) bond motifs is 3. The van der Waals surface area contributed by atoms with Gasteiger partial charge in [-0.05, 0) is 44.0 Å². The Bertz CT molecular complexity index is 922. The average molecular weight is 445 g/mol. The van der Waals surface area contributed by atoms with Crippen LogP contribution in [0.3, 0.4) is 0 Å². The smallest absolute Gasteiger partial charge is 0.328 e. The number of hydrogen-bond acceptors (Lipinski definition) is 7. The second kappa shape index (κ2) is 10.7. The molecule has 3 N–H and O–H groups in total. The lowest BCUT2D eigenvalue weighted by molar-refractivity contribution is -0.134. The minimum atomic E-state index is -1.26. The SMILES string of the molecule is O=C(N[C@H]1CN2CCC1CC2)c1cnc(Oc2ccccc2)s1.O=C(O)C=CC(=O)O. The number of amides is 1. The van der Waals surface area contributed by atoms with E-state index in [1.54, 1.807) is 6.20 Å². The summed E-state index contributed by atoms with van der Waals surface area (Å²) in [6, 6.07) is 9.75. The topological polar surface area (TPSA) is 129 Å². The number of thiazole rings is 1. The van der Waals surface area contributed by atoms with E-state index in [4.69, 9.17) is 14.9 Å². The third-order valence-corrected chi connectivity index (χ3v) is 5.87. The van der Waals surface area contributed by atoms with Crippen LogP contribution in [0.4, 0.5) is 0 Å². The van der Waals surface area contributed by atoms with Crippen LogP contribution in [0.2, 0.25) is 0 Å². The maximum atomic E-state index is 12.4. The van der Waals surface area contributed by atoms with E-state index in [1.807, 2.05) is 30.3 Å². The molecule has 0 radical (unpaired) electrons. The number of aliphatic carboxylic acids is 2. The number of piperidine rings is 3. The van der Waals surface area contributed by atoms with Crippen molar-refractivity contribution >= 4 is 29.2 Å². The molecule has 1 aromatic heterocycles. The summed E-state index contributed by atoms with van der Waals surface area (Å²) in [6.45, 7) is 3.32. The van der Waals surface area contributed by atoms with Gasteiger partial charge >= 0.3 is 11.9 Å². The normalized spacial score (nSPS) is 21.7. The largest absolute Gasteiger partial charge is 0.478 e. The monoisotopic (exact) mass is 445 g/mol. The average Bonchev–Trinajstić information content (AvgIpc) is 3.23. The standard InChI is InChI=1S/C17H19N3O2S.C4H4O4/c21-16(19-14-11-20-8-6-12(14)7-9-20)15-10-18-17(23-15)22-13-4-2-1-3-5-13;5-3(6)1-2-4(7)8/h1-5,10,12,14H,6-9,11H2,(H,19,21);1-2H,(H,5,6)(H,7,8)/t14-;/m0./s1. The number of carbonyl (C=O) groups excluding carboxylic acids is 1. The molecule has 2 aromatic rings. The Hall–Kier alpha value is -3.24. The van der Waals surface area contributed by atoms with Crippen LogP contribution in [-0.2, 0) is 9.59 Å². The quantitative estimate of drug-likeness (QED) is 0.579. The Morgan fingerprint density at radius 3 is 2.29 bits per heavy atom. The van der Waals surface area contributed by atoms with Crippen LogP contribution in [-0.4, -0.2) is 63.6 Å². The van der Waals surface area contributed by atoms with Crippen LogP contribution in [0.15, 0.2) is 48.7 Å². The summed E-state index contributed by atoms with van der Waals surface area (Å²) in [6.07, 6.45) is 5.09. The van der Waals surface area contributed by atoms with Crippen molar-refractivity contribution in [1.29, 1.82) is 0 Å². The van der Waals surface area contributed by atoms with Crippen LogP contribution in [0.1, 0.15) is 22.5 Å². The Morgan fingerprint density at radius 2 is 1.74 bits per heavy atom. The summed E-state index contributed by atoms with van der Waals surface area (Å²) in [7, 11) is 0. The van der Waals surface area contributed by atoms with E-state index in [9.17, 15) is 14.4 Å². The molecule has 164 valence electrons. The third-order valence-electron chi connectivity index (χ3n) is 5.00. The van der Waals surface area contributed by atoms with Crippen molar-refractivity contribution < 1.29 is 29.3 Å². The second-order valence-electron chi connectivity index (χ2n) is 7.13. The number of hydrogen-bond donors (Lipinski definition) is 3. The molecule has 0 unspecified atom stereocenters. The van der Waals surface area contributed by atoms with Crippen molar-refractivity contribution in [2.45, 2.75) is 18.9 Å². The number of nitrogens with one attached hydrogen (secondary N) is 1. The van der Waals surface area contributed by atoms with E-state index in [2.05, 4.69) is 15.2 Å². The van der Waals surface area contributed by atoms with Gasteiger partial charge in [-0.15, -0.1) is 0 Å². The Balaban J connectivity index is 0.000000293. The van der Waals surface area contributed by atoms with Crippen LogP contribution < -0.4 is 10.1 Å². The highest BCUT2D eigenvalue weighted by Crippen LogP contribution is 2.29. The molecule has 4 heterocycles. The number of carboxylic acids is 2.